The molecule has 0 saturated heterocycles. The summed E-state index contributed by atoms with van der Waals surface area (Å²) in [5.74, 6) is 1.28. The lowest BCUT2D eigenvalue weighted by atomic mass is 10.1. The lowest BCUT2D eigenvalue weighted by Crippen LogP contribution is -2.34. The summed E-state index contributed by atoms with van der Waals surface area (Å²) >= 11 is 0. The summed E-state index contributed by atoms with van der Waals surface area (Å²) in [5, 5.41) is 2.78. The maximum atomic E-state index is 11.6. The third-order valence-electron chi connectivity index (χ3n) is 2.62. The number of hydrogen-bond donors (Lipinski definition) is 2. The number of hydrogen-bond acceptors (Lipinski definition) is 4. The van der Waals surface area contributed by atoms with Gasteiger partial charge in [0.25, 0.3) is 5.91 Å². The van der Waals surface area contributed by atoms with Crippen molar-refractivity contribution < 1.29 is 14.3 Å². The molecule has 0 aliphatic heterocycles. The standard InChI is InChI=1S/C15H24N2O3/c1-10(2)17-15(18)9-20-14-6-5-13(19-4)8-12(14)7-11(3)16/h5-6,8,10-11H,7,9,16H2,1-4H3,(H,17,18). The van der Waals surface area contributed by atoms with Gasteiger partial charge >= 0.3 is 0 Å². The molecule has 0 aromatic heterocycles. The number of carbonyl (C=O) groups is 1. The molecule has 0 aliphatic carbocycles. The van der Waals surface area contributed by atoms with Crippen LogP contribution < -0.4 is 20.5 Å². The van der Waals surface area contributed by atoms with Gasteiger partial charge in [0.05, 0.1) is 7.11 Å². The number of amides is 1. The van der Waals surface area contributed by atoms with Crippen molar-refractivity contribution in [2.75, 3.05) is 13.7 Å². The van der Waals surface area contributed by atoms with Crippen LogP contribution in [-0.2, 0) is 11.2 Å². The first-order valence-corrected chi connectivity index (χ1v) is 6.77. The molecule has 1 aromatic rings. The van der Waals surface area contributed by atoms with Crippen molar-refractivity contribution in [2.24, 2.45) is 5.73 Å². The molecule has 1 atom stereocenters. The number of rotatable bonds is 7. The molecular weight excluding hydrogens is 256 g/mol. The summed E-state index contributed by atoms with van der Waals surface area (Å²) in [5.41, 5.74) is 6.77. The molecule has 5 nitrogen and oxygen atoms in total. The van der Waals surface area contributed by atoms with E-state index in [9.17, 15) is 4.79 Å². The fourth-order valence-corrected chi connectivity index (χ4v) is 1.84. The Morgan fingerprint density at radius 3 is 2.60 bits per heavy atom. The van der Waals surface area contributed by atoms with Gasteiger partial charge in [0.15, 0.2) is 6.61 Å². The smallest absolute Gasteiger partial charge is 0.258 e. The quantitative estimate of drug-likeness (QED) is 0.793. The highest BCUT2D eigenvalue weighted by Crippen LogP contribution is 2.25. The number of methoxy groups -OCH3 is 1. The molecule has 5 heteroatoms. The van der Waals surface area contributed by atoms with Gasteiger partial charge < -0.3 is 20.5 Å². The van der Waals surface area contributed by atoms with Gasteiger partial charge in [0, 0.05) is 12.1 Å². The lowest BCUT2D eigenvalue weighted by molar-refractivity contribution is -0.123. The summed E-state index contributed by atoms with van der Waals surface area (Å²) in [4.78, 5) is 11.6. The molecule has 20 heavy (non-hydrogen) atoms. The van der Waals surface area contributed by atoms with Crippen LogP contribution in [0.15, 0.2) is 18.2 Å². The molecule has 0 spiro atoms. The van der Waals surface area contributed by atoms with Gasteiger partial charge in [-0.25, -0.2) is 0 Å². The fourth-order valence-electron chi connectivity index (χ4n) is 1.84. The Labute approximate surface area is 120 Å². The molecule has 0 fully saturated rings. The highest BCUT2D eigenvalue weighted by atomic mass is 16.5. The van der Waals surface area contributed by atoms with E-state index >= 15 is 0 Å². The first-order chi connectivity index (χ1) is 9.42. The number of nitrogens with one attached hydrogen (secondary N) is 1. The van der Waals surface area contributed by atoms with Crippen molar-refractivity contribution in [3.63, 3.8) is 0 Å². The van der Waals surface area contributed by atoms with Gasteiger partial charge in [0.1, 0.15) is 11.5 Å². The number of ether oxygens (including phenoxy) is 2. The maximum absolute atomic E-state index is 11.6. The van der Waals surface area contributed by atoms with E-state index in [2.05, 4.69) is 5.32 Å². The van der Waals surface area contributed by atoms with Gasteiger partial charge in [-0.2, -0.15) is 0 Å². The summed E-state index contributed by atoms with van der Waals surface area (Å²) in [6.45, 7) is 5.74. The zero-order chi connectivity index (χ0) is 15.1. The second-order valence-corrected chi connectivity index (χ2v) is 5.17. The van der Waals surface area contributed by atoms with E-state index in [4.69, 9.17) is 15.2 Å². The van der Waals surface area contributed by atoms with E-state index in [0.29, 0.717) is 12.2 Å². The third kappa shape index (κ3) is 5.48. The van der Waals surface area contributed by atoms with E-state index in [1.807, 2.05) is 26.8 Å². The minimum absolute atomic E-state index is 0.00351. The minimum Gasteiger partial charge on any atom is -0.497 e. The molecule has 112 valence electrons. The molecule has 0 radical (unpaired) electrons. The third-order valence-corrected chi connectivity index (χ3v) is 2.62. The Morgan fingerprint density at radius 1 is 1.35 bits per heavy atom. The Kier molecular flexibility index (Phi) is 6.31. The molecule has 1 unspecified atom stereocenters. The van der Waals surface area contributed by atoms with Crippen molar-refractivity contribution >= 4 is 5.91 Å². The van der Waals surface area contributed by atoms with Gasteiger partial charge in [-0.15, -0.1) is 0 Å². The lowest BCUT2D eigenvalue weighted by Gasteiger charge is -2.15. The average Bonchev–Trinajstić information content (AvgIpc) is 2.35. The van der Waals surface area contributed by atoms with Crippen molar-refractivity contribution in [2.45, 2.75) is 39.3 Å². The molecule has 3 N–H and O–H groups in total. The average molecular weight is 280 g/mol. The van der Waals surface area contributed by atoms with Crippen LogP contribution in [0.3, 0.4) is 0 Å². The Hall–Kier alpha value is -1.75. The van der Waals surface area contributed by atoms with E-state index in [1.54, 1.807) is 19.2 Å². The second-order valence-electron chi connectivity index (χ2n) is 5.17. The molecule has 0 bridgehead atoms. The van der Waals surface area contributed by atoms with Gasteiger partial charge in [-0.3, -0.25) is 4.79 Å². The SMILES string of the molecule is COc1ccc(OCC(=O)NC(C)C)c(CC(C)N)c1. The molecule has 1 amide bonds. The Bertz CT molecular complexity index is 445. The normalized spacial score (nSPS) is 12.1. The highest BCUT2D eigenvalue weighted by molar-refractivity contribution is 5.77. The van der Waals surface area contributed by atoms with Crippen LogP contribution in [0.2, 0.25) is 0 Å². The van der Waals surface area contributed by atoms with Gasteiger partial charge in [-0.05, 0) is 51.0 Å². The van der Waals surface area contributed by atoms with Gasteiger partial charge in [0.2, 0.25) is 0 Å². The van der Waals surface area contributed by atoms with E-state index in [-0.39, 0.29) is 24.6 Å². The first-order valence-electron chi connectivity index (χ1n) is 6.77. The van der Waals surface area contributed by atoms with Crippen LogP contribution in [0.1, 0.15) is 26.3 Å². The number of benzene rings is 1. The van der Waals surface area contributed by atoms with Crippen LogP contribution >= 0.6 is 0 Å². The van der Waals surface area contributed by atoms with Crippen LogP contribution in [-0.4, -0.2) is 31.7 Å². The Morgan fingerprint density at radius 2 is 2.05 bits per heavy atom. The Balaban J connectivity index is 2.75. The molecule has 1 aromatic carbocycles. The van der Waals surface area contributed by atoms with E-state index in [0.717, 1.165) is 11.3 Å². The van der Waals surface area contributed by atoms with Gasteiger partial charge in [-0.1, -0.05) is 0 Å². The second kappa shape index (κ2) is 7.75. The maximum Gasteiger partial charge on any atom is 0.258 e. The van der Waals surface area contributed by atoms with Crippen molar-refractivity contribution in [1.29, 1.82) is 0 Å². The van der Waals surface area contributed by atoms with Crippen molar-refractivity contribution in [3.8, 4) is 11.5 Å². The number of nitrogens with two attached hydrogens (primary N) is 1. The minimum atomic E-state index is -0.137. The van der Waals surface area contributed by atoms with Crippen LogP contribution in [0.25, 0.3) is 0 Å². The van der Waals surface area contributed by atoms with Crippen LogP contribution in [0.4, 0.5) is 0 Å². The number of carbonyl (C=O) groups excluding carboxylic acids is 1. The predicted octanol–water partition coefficient (Wildman–Crippen LogP) is 1.49. The summed E-state index contributed by atoms with van der Waals surface area (Å²) in [6.07, 6.45) is 0.665. The van der Waals surface area contributed by atoms with Crippen molar-refractivity contribution in [3.05, 3.63) is 23.8 Å². The van der Waals surface area contributed by atoms with E-state index in [1.165, 1.54) is 0 Å². The summed E-state index contributed by atoms with van der Waals surface area (Å²) < 4.78 is 10.8. The molecular formula is C15H24N2O3. The molecule has 1 rings (SSSR count). The zero-order valence-corrected chi connectivity index (χ0v) is 12.6. The van der Waals surface area contributed by atoms with E-state index < -0.39 is 0 Å². The summed E-state index contributed by atoms with van der Waals surface area (Å²) in [6, 6.07) is 5.61. The zero-order valence-electron chi connectivity index (χ0n) is 12.6. The fraction of sp³-hybridized carbons (Fsp3) is 0.533. The monoisotopic (exact) mass is 280 g/mol. The van der Waals surface area contributed by atoms with Crippen LogP contribution in [0, 0.1) is 0 Å². The predicted molar refractivity (Wildman–Crippen MR) is 79.1 cm³/mol. The molecule has 0 heterocycles. The molecule has 0 aliphatic rings. The first kappa shape index (κ1) is 16.3. The highest BCUT2D eigenvalue weighted by Gasteiger charge is 2.10. The molecule has 0 saturated carbocycles. The van der Waals surface area contributed by atoms with Crippen LogP contribution in [0.5, 0.6) is 11.5 Å². The van der Waals surface area contributed by atoms with Crippen molar-refractivity contribution in [1.82, 2.24) is 5.32 Å². The summed E-state index contributed by atoms with van der Waals surface area (Å²) in [7, 11) is 1.61. The topological polar surface area (TPSA) is 73.6 Å². The largest absolute Gasteiger partial charge is 0.497 e.